The monoisotopic (exact) mass is 671 g/mol. The normalized spacial score (nSPS) is 15.7. The molecule has 1 saturated heterocycles. The second kappa shape index (κ2) is 37.1. The molecule has 48 heavy (non-hydrogen) atoms. The Hall–Kier alpha value is -1.20. The molecule has 0 aromatic rings. The van der Waals surface area contributed by atoms with Crippen LogP contribution in [-0.2, 0) is 9.47 Å². The van der Waals surface area contributed by atoms with Crippen LogP contribution in [0.25, 0.3) is 0 Å². The van der Waals surface area contributed by atoms with Crippen molar-refractivity contribution in [3.05, 3.63) is 48.6 Å². The highest BCUT2D eigenvalue weighted by molar-refractivity contribution is 4.93. The summed E-state index contributed by atoms with van der Waals surface area (Å²) >= 11 is 0. The lowest BCUT2D eigenvalue weighted by Gasteiger charge is -2.34. The van der Waals surface area contributed by atoms with E-state index in [1.54, 1.807) is 0 Å². The number of allylic oxidation sites excluding steroid dienone is 8. The van der Waals surface area contributed by atoms with Crippen molar-refractivity contribution in [2.75, 3.05) is 59.6 Å². The lowest BCUT2D eigenvalue weighted by molar-refractivity contribution is -0.0388. The number of unbranched alkanes of at least 4 members (excludes halogenated alkanes) is 18. The Morgan fingerprint density at radius 2 is 0.896 bits per heavy atom. The van der Waals surface area contributed by atoms with E-state index in [2.05, 4.69) is 79.3 Å². The Morgan fingerprint density at radius 1 is 0.479 bits per heavy atom. The van der Waals surface area contributed by atoms with Crippen LogP contribution >= 0.6 is 0 Å². The molecule has 1 rings (SSSR count). The van der Waals surface area contributed by atoms with Crippen molar-refractivity contribution >= 4 is 0 Å². The molecule has 1 aliphatic heterocycles. The predicted octanol–water partition coefficient (Wildman–Crippen LogP) is 12.3. The van der Waals surface area contributed by atoms with Gasteiger partial charge in [0.1, 0.15) is 0 Å². The smallest absolute Gasteiger partial charge is 0.0934 e. The minimum atomic E-state index is 0.205. The Balaban J connectivity index is 2.05. The highest BCUT2D eigenvalue weighted by Gasteiger charge is 2.19. The molecule has 1 fully saturated rings. The van der Waals surface area contributed by atoms with E-state index in [0.29, 0.717) is 0 Å². The summed E-state index contributed by atoms with van der Waals surface area (Å²) in [5.74, 6) is 0. The largest absolute Gasteiger partial charge is 0.379 e. The first kappa shape index (κ1) is 44.8. The number of nitrogens with zero attached hydrogens (tertiary/aromatic N) is 2. The van der Waals surface area contributed by atoms with Crippen LogP contribution in [0.1, 0.15) is 168 Å². The first-order chi connectivity index (χ1) is 23.8. The van der Waals surface area contributed by atoms with E-state index >= 15 is 0 Å². The van der Waals surface area contributed by atoms with Gasteiger partial charge < -0.3 is 14.4 Å². The standard InChI is InChI=1S/C44H82N2O2/c1-4-6-8-10-12-14-16-18-20-22-24-26-28-30-32-34-40-47-43-44(42-46-38-36-45(3)37-39-46)48-41-35-33-31-29-27-25-23-21-19-17-15-13-11-9-7-5-2/h12-15,18-21,44H,4-11,16-17,22-43H2,1-3H3/b14-12-,15-13+,20-18-,21-19+/t44-/m1/s1. The number of piperazine rings is 1. The summed E-state index contributed by atoms with van der Waals surface area (Å²) in [6.07, 6.45) is 49.8. The zero-order chi connectivity index (χ0) is 34.4. The maximum Gasteiger partial charge on any atom is 0.0934 e. The van der Waals surface area contributed by atoms with Gasteiger partial charge in [0.25, 0.3) is 0 Å². The van der Waals surface area contributed by atoms with Gasteiger partial charge in [-0.1, -0.05) is 140 Å². The van der Waals surface area contributed by atoms with Crippen LogP contribution in [0.15, 0.2) is 48.6 Å². The van der Waals surface area contributed by atoms with E-state index < -0.39 is 0 Å². The van der Waals surface area contributed by atoms with Gasteiger partial charge in [0.2, 0.25) is 0 Å². The van der Waals surface area contributed by atoms with Gasteiger partial charge in [-0.05, 0) is 84.1 Å². The van der Waals surface area contributed by atoms with Crippen molar-refractivity contribution in [1.82, 2.24) is 9.80 Å². The van der Waals surface area contributed by atoms with Gasteiger partial charge >= 0.3 is 0 Å². The van der Waals surface area contributed by atoms with Crippen LogP contribution in [-0.4, -0.2) is 75.5 Å². The molecule has 0 radical (unpaired) electrons. The number of hydrogen-bond donors (Lipinski definition) is 0. The van der Waals surface area contributed by atoms with E-state index in [9.17, 15) is 0 Å². The molecule has 0 aromatic carbocycles. The van der Waals surface area contributed by atoms with E-state index in [1.165, 1.54) is 141 Å². The van der Waals surface area contributed by atoms with Gasteiger partial charge in [0.15, 0.2) is 0 Å². The summed E-state index contributed by atoms with van der Waals surface area (Å²) in [5.41, 5.74) is 0. The van der Waals surface area contributed by atoms with Gasteiger partial charge in [0, 0.05) is 45.9 Å². The fourth-order valence-corrected chi connectivity index (χ4v) is 6.22. The molecule has 0 N–H and O–H groups in total. The second-order valence-corrected chi connectivity index (χ2v) is 14.3. The second-order valence-electron chi connectivity index (χ2n) is 14.3. The van der Waals surface area contributed by atoms with Gasteiger partial charge in [-0.15, -0.1) is 0 Å². The summed E-state index contributed by atoms with van der Waals surface area (Å²) in [4.78, 5) is 5.01. The van der Waals surface area contributed by atoms with Crippen LogP contribution < -0.4 is 0 Å². The quantitative estimate of drug-likeness (QED) is 0.0495. The molecule has 1 atom stereocenters. The molecule has 4 heteroatoms. The Labute approximate surface area is 300 Å². The molecule has 0 aliphatic carbocycles. The van der Waals surface area contributed by atoms with E-state index in [0.717, 1.165) is 65.4 Å². The summed E-state index contributed by atoms with van der Waals surface area (Å²) in [5, 5.41) is 0. The molecule has 0 bridgehead atoms. The van der Waals surface area contributed by atoms with E-state index in [1.807, 2.05) is 0 Å². The maximum absolute atomic E-state index is 6.42. The van der Waals surface area contributed by atoms with Crippen molar-refractivity contribution in [2.24, 2.45) is 0 Å². The van der Waals surface area contributed by atoms with Crippen LogP contribution in [0, 0.1) is 0 Å². The number of rotatable bonds is 35. The molecular formula is C44H82N2O2. The summed E-state index contributed by atoms with van der Waals surface area (Å²) in [7, 11) is 2.23. The minimum absolute atomic E-state index is 0.205. The minimum Gasteiger partial charge on any atom is -0.379 e. The van der Waals surface area contributed by atoms with Gasteiger partial charge in [-0.3, -0.25) is 4.90 Å². The van der Waals surface area contributed by atoms with Gasteiger partial charge in [-0.2, -0.15) is 0 Å². The lowest BCUT2D eigenvalue weighted by Crippen LogP contribution is -2.48. The van der Waals surface area contributed by atoms with Crippen molar-refractivity contribution in [3.8, 4) is 0 Å². The van der Waals surface area contributed by atoms with E-state index in [4.69, 9.17) is 9.47 Å². The number of likely N-dealkylation sites (N-methyl/N-ethyl adjacent to an activating group) is 1. The third-order valence-electron chi connectivity index (χ3n) is 9.55. The predicted molar refractivity (Wildman–Crippen MR) is 213 cm³/mol. The zero-order valence-corrected chi connectivity index (χ0v) is 32.5. The SMILES string of the molecule is CCCCC/C=C\C/C=C\CCCCCCCCOC[C@@H](CN1CCN(C)CC1)OCCCCCCCC/C=C/C/C=C/CCCCC. The molecule has 0 spiro atoms. The Kier molecular flexibility index (Phi) is 34.6. The summed E-state index contributed by atoms with van der Waals surface area (Å²) < 4.78 is 12.6. The molecule has 0 saturated carbocycles. The average Bonchev–Trinajstić information content (AvgIpc) is 3.09. The first-order valence-corrected chi connectivity index (χ1v) is 21.0. The molecule has 0 aromatic heterocycles. The fourth-order valence-electron chi connectivity index (χ4n) is 6.22. The average molecular weight is 671 g/mol. The highest BCUT2D eigenvalue weighted by atomic mass is 16.5. The van der Waals surface area contributed by atoms with Crippen molar-refractivity contribution in [1.29, 1.82) is 0 Å². The maximum atomic E-state index is 6.42. The van der Waals surface area contributed by atoms with Gasteiger partial charge in [0.05, 0.1) is 12.7 Å². The molecule has 1 aliphatic rings. The topological polar surface area (TPSA) is 24.9 Å². The van der Waals surface area contributed by atoms with Crippen LogP contribution in [0.4, 0.5) is 0 Å². The molecule has 0 amide bonds. The first-order valence-electron chi connectivity index (χ1n) is 21.0. The van der Waals surface area contributed by atoms with Crippen LogP contribution in [0.3, 0.4) is 0 Å². The molecular weight excluding hydrogens is 588 g/mol. The molecule has 280 valence electrons. The summed E-state index contributed by atoms with van der Waals surface area (Å²) in [6.45, 7) is 12.7. The van der Waals surface area contributed by atoms with Crippen LogP contribution in [0.5, 0.6) is 0 Å². The highest BCUT2D eigenvalue weighted by Crippen LogP contribution is 2.12. The van der Waals surface area contributed by atoms with Crippen molar-refractivity contribution in [2.45, 2.75) is 174 Å². The number of hydrogen-bond acceptors (Lipinski definition) is 4. The third kappa shape index (κ3) is 32.0. The Morgan fingerprint density at radius 3 is 1.38 bits per heavy atom. The van der Waals surface area contributed by atoms with Gasteiger partial charge in [-0.25, -0.2) is 0 Å². The summed E-state index contributed by atoms with van der Waals surface area (Å²) in [6, 6.07) is 0. The Bertz CT molecular complexity index is 753. The molecule has 4 nitrogen and oxygen atoms in total. The van der Waals surface area contributed by atoms with Crippen molar-refractivity contribution < 1.29 is 9.47 Å². The number of ether oxygens (including phenoxy) is 2. The molecule has 1 heterocycles. The fraction of sp³-hybridized carbons (Fsp3) is 0.818. The third-order valence-corrected chi connectivity index (χ3v) is 9.55. The lowest BCUT2D eigenvalue weighted by atomic mass is 10.1. The molecule has 0 unspecified atom stereocenters. The zero-order valence-electron chi connectivity index (χ0n) is 32.5. The van der Waals surface area contributed by atoms with E-state index in [-0.39, 0.29) is 6.10 Å². The van der Waals surface area contributed by atoms with Crippen molar-refractivity contribution in [3.63, 3.8) is 0 Å². The van der Waals surface area contributed by atoms with Crippen LogP contribution in [0.2, 0.25) is 0 Å².